The van der Waals surface area contributed by atoms with Gasteiger partial charge in [-0.25, -0.2) is 9.59 Å². The molecule has 2 heterocycles. The lowest BCUT2D eigenvalue weighted by molar-refractivity contribution is -0.950. The molecule has 0 aromatic heterocycles. The zero-order valence-corrected chi connectivity index (χ0v) is 24.8. The van der Waals surface area contributed by atoms with Gasteiger partial charge in [0.1, 0.15) is 18.2 Å². The van der Waals surface area contributed by atoms with Gasteiger partial charge in [-0.3, -0.25) is 4.79 Å². The Morgan fingerprint density at radius 3 is 2.72 bits per heavy atom. The number of alkyl carbamates (subject to hydrolysis) is 1. The van der Waals surface area contributed by atoms with Crippen LogP contribution in [0.5, 0.6) is 11.5 Å². The minimum Gasteiger partial charge on any atom is -0.477 e. The van der Waals surface area contributed by atoms with Gasteiger partial charge in [0.15, 0.2) is 23.4 Å². The number of rotatable bonds is 8. The highest BCUT2D eigenvalue weighted by Crippen LogP contribution is 2.66. The lowest BCUT2D eigenvalue weighted by Gasteiger charge is -2.64. The number of hydrogen-bond donors (Lipinski definition) is 2. The molecule has 0 radical (unpaired) electrons. The number of likely N-dealkylation sites (tertiary alicyclic amines) is 1. The molecule has 7 rings (SSSR count). The van der Waals surface area contributed by atoms with Crippen molar-refractivity contribution < 1.29 is 38.2 Å². The number of quaternary nitrogens is 1. The van der Waals surface area contributed by atoms with Crippen LogP contribution in [0.3, 0.4) is 0 Å². The van der Waals surface area contributed by atoms with Crippen LogP contribution in [0.4, 0.5) is 9.59 Å². The largest absolute Gasteiger partial charge is 0.477 e. The van der Waals surface area contributed by atoms with Crippen molar-refractivity contribution in [1.82, 2.24) is 10.2 Å². The molecule has 43 heavy (non-hydrogen) atoms. The van der Waals surface area contributed by atoms with E-state index in [1.807, 2.05) is 36.4 Å². The van der Waals surface area contributed by atoms with Crippen LogP contribution in [0.1, 0.15) is 48.8 Å². The Bertz CT molecular complexity index is 1460. The molecule has 5 atom stereocenters. The van der Waals surface area contributed by atoms with E-state index in [9.17, 15) is 19.5 Å². The summed E-state index contributed by atoms with van der Waals surface area (Å²) in [6.07, 6.45) is 2.63. The molecule has 3 fully saturated rings. The molecule has 1 saturated heterocycles. The monoisotopic (exact) mass is 590 g/mol. The molecule has 2 saturated carbocycles. The van der Waals surface area contributed by atoms with Crippen molar-refractivity contribution >= 4 is 18.0 Å². The molecule has 3 aliphatic carbocycles. The maximum Gasteiger partial charge on any atom is 0.415 e. The topological polar surface area (TPSA) is 114 Å². The van der Waals surface area contributed by atoms with Crippen LogP contribution in [0, 0.1) is 5.92 Å². The van der Waals surface area contributed by atoms with E-state index in [1.54, 1.807) is 13.1 Å². The summed E-state index contributed by atoms with van der Waals surface area (Å²) in [4.78, 5) is 39.9. The Morgan fingerprint density at radius 1 is 1.16 bits per heavy atom. The Hall–Kier alpha value is -3.63. The van der Waals surface area contributed by atoms with Gasteiger partial charge in [-0.1, -0.05) is 36.4 Å². The van der Waals surface area contributed by atoms with E-state index in [0.717, 1.165) is 40.2 Å². The normalized spacial score (nSPS) is 31.5. The number of benzene rings is 2. The molecular formula is C33H40N3O7+. The number of carbonyl (C=O) groups is 3. The first kappa shape index (κ1) is 28.2. The van der Waals surface area contributed by atoms with Crippen LogP contribution < -0.4 is 14.8 Å². The molecular weight excluding hydrogens is 550 g/mol. The summed E-state index contributed by atoms with van der Waals surface area (Å²) in [5, 5.41) is 15.2. The highest BCUT2D eigenvalue weighted by Gasteiger charge is 2.76. The molecule has 0 unspecified atom stereocenters. The molecule has 2 aliphatic heterocycles. The van der Waals surface area contributed by atoms with Gasteiger partial charge in [0, 0.05) is 50.9 Å². The van der Waals surface area contributed by atoms with Crippen molar-refractivity contribution in [2.75, 3.05) is 40.3 Å². The zero-order valence-electron chi connectivity index (χ0n) is 24.8. The average Bonchev–Trinajstić information content (AvgIpc) is 3.73. The lowest BCUT2D eigenvalue weighted by atomic mass is 9.48. The fraction of sp³-hybridized carbons (Fsp3) is 0.545. The summed E-state index contributed by atoms with van der Waals surface area (Å²) in [6, 6.07) is 13.1. The van der Waals surface area contributed by atoms with E-state index in [2.05, 4.69) is 12.4 Å². The van der Waals surface area contributed by atoms with Gasteiger partial charge >= 0.3 is 12.2 Å². The summed E-state index contributed by atoms with van der Waals surface area (Å²) < 4.78 is 18.3. The fourth-order valence-corrected chi connectivity index (χ4v) is 8.37. The maximum atomic E-state index is 13.4. The van der Waals surface area contributed by atoms with Gasteiger partial charge < -0.3 is 34.0 Å². The van der Waals surface area contributed by atoms with Crippen molar-refractivity contribution in [3.63, 3.8) is 0 Å². The third-order valence-corrected chi connectivity index (χ3v) is 10.7. The number of ketones is 1. The first-order chi connectivity index (χ1) is 20.6. The van der Waals surface area contributed by atoms with Crippen molar-refractivity contribution in [2.45, 2.75) is 68.3 Å². The van der Waals surface area contributed by atoms with Crippen LogP contribution in [0.2, 0.25) is 0 Å². The molecule has 228 valence electrons. The van der Waals surface area contributed by atoms with Crippen LogP contribution in [-0.2, 0) is 28.0 Å². The highest BCUT2D eigenvalue weighted by molar-refractivity contribution is 5.90. The Labute approximate surface area is 251 Å². The SMILES string of the molecule is CN(CCNC(=O)OCc1ccccc1)C(=O)Oc1ccc2c3c1O[C@H]1C(=O)CC[C@@]4(O)[C@@H](C2)[N@@+](C)(CC2CC2)CC[C@]314. The number of nitrogens with zero attached hydrogens (tertiary/aromatic N) is 2. The first-order valence-corrected chi connectivity index (χ1v) is 15.4. The summed E-state index contributed by atoms with van der Waals surface area (Å²) >= 11 is 0. The molecule has 2 amide bonds. The Morgan fingerprint density at radius 2 is 1.95 bits per heavy atom. The fourth-order valence-electron chi connectivity index (χ4n) is 8.37. The van der Waals surface area contributed by atoms with Gasteiger partial charge in [0.2, 0.25) is 0 Å². The predicted molar refractivity (Wildman–Crippen MR) is 156 cm³/mol. The number of piperidine rings is 1. The van der Waals surface area contributed by atoms with Crippen LogP contribution in [0.15, 0.2) is 42.5 Å². The number of likely N-dealkylation sites (N-methyl/N-ethyl adjacent to an activating group) is 2. The van der Waals surface area contributed by atoms with Gasteiger partial charge in [-0.05, 0) is 36.5 Å². The second-order valence-corrected chi connectivity index (χ2v) is 13.4. The number of ether oxygens (including phenoxy) is 3. The van der Waals surface area contributed by atoms with E-state index in [4.69, 9.17) is 14.2 Å². The molecule has 1 spiro atoms. The van der Waals surface area contributed by atoms with E-state index in [-0.39, 0.29) is 43.7 Å². The summed E-state index contributed by atoms with van der Waals surface area (Å²) in [6.45, 7) is 2.48. The van der Waals surface area contributed by atoms with E-state index >= 15 is 0 Å². The quantitative estimate of drug-likeness (QED) is 0.454. The molecule has 2 bridgehead atoms. The molecule has 2 aromatic rings. The maximum absolute atomic E-state index is 13.4. The van der Waals surface area contributed by atoms with Crippen molar-refractivity contribution in [1.29, 1.82) is 0 Å². The predicted octanol–water partition coefficient (Wildman–Crippen LogP) is 3.32. The Kier molecular flexibility index (Phi) is 6.70. The summed E-state index contributed by atoms with van der Waals surface area (Å²) in [5.41, 5.74) is 0.931. The van der Waals surface area contributed by atoms with Gasteiger partial charge in [-0.2, -0.15) is 0 Å². The smallest absolute Gasteiger partial charge is 0.415 e. The minimum atomic E-state index is -1.06. The highest BCUT2D eigenvalue weighted by atomic mass is 16.6. The number of nitrogens with one attached hydrogen (secondary N) is 1. The van der Waals surface area contributed by atoms with Crippen LogP contribution >= 0.6 is 0 Å². The second kappa shape index (κ2) is 10.2. The minimum absolute atomic E-state index is 0.00499. The summed E-state index contributed by atoms with van der Waals surface area (Å²) in [7, 11) is 3.87. The van der Waals surface area contributed by atoms with Gasteiger partial charge in [0.05, 0.1) is 25.6 Å². The third kappa shape index (κ3) is 4.49. The molecule has 10 nitrogen and oxygen atoms in total. The van der Waals surface area contributed by atoms with Crippen LogP contribution in [0.25, 0.3) is 0 Å². The van der Waals surface area contributed by atoms with Crippen molar-refractivity contribution in [3.05, 3.63) is 59.2 Å². The first-order valence-electron chi connectivity index (χ1n) is 15.4. The third-order valence-electron chi connectivity index (χ3n) is 10.7. The molecule has 2 N–H and O–H groups in total. The number of aliphatic hydroxyl groups is 1. The Balaban J connectivity index is 1.06. The number of Topliss-reactive ketones (excluding diaryl/α,β-unsaturated/α-hetero) is 1. The van der Waals surface area contributed by atoms with E-state index in [0.29, 0.717) is 25.0 Å². The van der Waals surface area contributed by atoms with Crippen LogP contribution in [-0.4, -0.2) is 90.5 Å². The van der Waals surface area contributed by atoms with E-state index in [1.165, 1.54) is 17.7 Å². The molecule has 2 aromatic carbocycles. The van der Waals surface area contributed by atoms with Gasteiger partial charge in [-0.15, -0.1) is 0 Å². The number of carbonyl (C=O) groups excluding carboxylic acids is 3. The second-order valence-electron chi connectivity index (χ2n) is 13.4. The van der Waals surface area contributed by atoms with Crippen molar-refractivity contribution in [3.8, 4) is 11.5 Å². The molecule has 5 aliphatic rings. The average molecular weight is 591 g/mol. The number of hydrogen-bond acceptors (Lipinski definition) is 7. The lowest BCUT2D eigenvalue weighted by Crippen LogP contribution is -2.80. The summed E-state index contributed by atoms with van der Waals surface area (Å²) in [5.74, 6) is 1.39. The standard InChI is InChI=1S/C33H39N3O7/c1-35(16-15-34-30(38)41-20-22-6-4-3-5-7-22)31(39)42-25-11-10-23-18-26-33(40)13-12-24(37)29-32(33,27(23)28(25)43-29)14-17-36(26,2)19-21-8-9-21/h3-7,10-11,21,26,29,40H,8-9,12-20H2,1-2H3/p+1/t26-,29+,32+,33-,36-/m1/s1. The van der Waals surface area contributed by atoms with Gasteiger partial charge in [0.25, 0.3) is 0 Å². The van der Waals surface area contributed by atoms with E-state index < -0.39 is 29.3 Å². The molecule has 10 heteroatoms. The van der Waals surface area contributed by atoms with Crippen molar-refractivity contribution in [2.24, 2.45) is 5.92 Å². The zero-order chi connectivity index (χ0) is 30.0. The number of amides is 2.